The molecule has 0 amide bonds. The van der Waals surface area contributed by atoms with E-state index < -0.39 is 0 Å². The summed E-state index contributed by atoms with van der Waals surface area (Å²) in [7, 11) is 2.13. The fraction of sp³-hybridized carbons (Fsp3) is 0.308. The number of likely N-dealkylation sites (N-methyl/N-ethyl adjacent to an activating group) is 1. The van der Waals surface area contributed by atoms with Gasteiger partial charge in [0.1, 0.15) is 0 Å². The Labute approximate surface area is 94.5 Å². The predicted octanol–water partition coefficient (Wildman–Crippen LogP) is 2.00. The van der Waals surface area contributed by atoms with Crippen LogP contribution in [0.15, 0.2) is 30.5 Å². The number of rotatable bonds is 1. The van der Waals surface area contributed by atoms with Gasteiger partial charge >= 0.3 is 0 Å². The Morgan fingerprint density at radius 2 is 2.12 bits per heavy atom. The summed E-state index contributed by atoms with van der Waals surface area (Å²) in [4.78, 5) is 2.31. The van der Waals surface area contributed by atoms with E-state index in [0.717, 1.165) is 24.0 Å². The van der Waals surface area contributed by atoms with Gasteiger partial charge < -0.3 is 9.47 Å². The SMILES string of the molecule is CN1CC(n2ccc3cc(C#N)ccc32)C1. The van der Waals surface area contributed by atoms with Gasteiger partial charge in [0.2, 0.25) is 0 Å². The Kier molecular flexibility index (Phi) is 1.98. The molecule has 1 saturated heterocycles. The molecule has 1 aliphatic heterocycles. The van der Waals surface area contributed by atoms with Crippen LogP contribution in [0.3, 0.4) is 0 Å². The molecule has 0 saturated carbocycles. The topological polar surface area (TPSA) is 32.0 Å². The van der Waals surface area contributed by atoms with Crippen LogP contribution in [0.5, 0.6) is 0 Å². The third kappa shape index (κ3) is 1.31. The molecule has 0 spiro atoms. The zero-order valence-corrected chi connectivity index (χ0v) is 9.22. The van der Waals surface area contributed by atoms with Gasteiger partial charge in [-0.3, -0.25) is 0 Å². The van der Waals surface area contributed by atoms with Gasteiger partial charge in [-0.2, -0.15) is 5.26 Å². The van der Waals surface area contributed by atoms with Crippen molar-refractivity contribution in [2.24, 2.45) is 0 Å². The van der Waals surface area contributed by atoms with E-state index in [2.05, 4.69) is 34.8 Å². The van der Waals surface area contributed by atoms with Crippen LogP contribution in [-0.4, -0.2) is 29.6 Å². The zero-order chi connectivity index (χ0) is 11.1. The van der Waals surface area contributed by atoms with E-state index >= 15 is 0 Å². The van der Waals surface area contributed by atoms with Gasteiger partial charge in [-0.25, -0.2) is 0 Å². The van der Waals surface area contributed by atoms with Gasteiger partial charge in [-0.15, -0.1) is 0 Å². The summed E-state index contributed by atoms with van der Waals surface area (Å²) in [6, 6.07) is 10.8. The van der Waals surface area contributed by atoms with Crippen molar-refractivity contribution in [3.63, 3.8) is 0 Å². The molecule has 0 radical (unpaired) electrons. The highest BCUT2D eigenvalue weighted by atomic mass is 15.2. The van der Waals surface area contributed by atoms with Gasteiger partial charge in [-0.05, 0) is 31.3 Å². The molecule has 2 aromatic rings. The summed E-state index contributed by atoms with van der Waals surface area (Å²) in [5.41, 5.74) is 1.97. The summed E-state index contributed by atoms with van der Waals surface area (Å²) >= 11 is 0. The maximum Gasteiger partial charge on any atom is 0.0991 e. The van der Waals surface area contributed by atoms with Crippen molar-refractivity contribution >= 4 is 10.9 Å². The Balaban J connectivity index is 2.05. The molecule has 3 rings (SSSR count). The van der Waals surface area contributed by atoms with Crippen LogP contribution in [-0.2, 0) is 0 Å². The highest BCUT2D eigenvalue weighted by Gasteiger charge is 2.25. The molecule has 1 aromatic carbocycles. The molecule has 2 heterocycles. The van der Waals surface area contributed by atoms with E-state index in [9.17, 15) is 0 Å². The molecule has 80 valence electrons. The molecule has 0 aliphatic carbocycles. The van der Waals surface area contributed by atoms with E-state index in [0.29, 0.717) is 6.04 Å². The number of nitrogens with zero attached hydrogens (tertiary/aromatic N) is 3. The third-order valence-corrected chi connectivity index (χ3v) is 3.29. The first kappa shape index (κ1) is 9.44. The summed E-state index contributed by atoms with van der Waals surface area (Å²) in [6.45, 7) is 2.23. The number of likely N-dealkylation sites (tertiary alicyclic amines) is 1. The Hall–Kier alpha value is -1.79. The van der Waals surface area contributed by atoms with Crippen molar-refractivity contribution in [1.29, 1.82) is 5.26 Å². The molecular weight excluding hydrogens is 198 g/mol. The van der Waals surface area contributed by atoms with Gasteiger partial charge in [0.25, 0.3) is 0 Å². The average Bonchev–Trinajstić information content (AvgIpc) is 2.67. The lowest BCUT2D eigenvalue weighted by atomic mass is 10.1. The number of benzene rings is 1. The lowest BCUT2D eigenvalue weighted by molar-refractivity contribution is 0.144. The van der Waals surface area contributed by atoms with E-state index in [1.54, 1.807) is 0 Å². The fourth-order valence-electron chi connectivity index (χ4n) is 2.39. The largest absolute Gasteiger partial charge is 0.342 e. The van der Waals surface area contributed by atoms with Gasteiger partial charge in [0.05, 0.1) is 17.7 Å². The van der Waals surface area contributed by atoms with Crippen molar-refractivity contribution in [3.05, 3.63) is 36.0 Å². The molecular formula is C13H13N3. The number of aromatic nitrogens is 1. The minimum absolute atomic E-state index is 0.593. The highest BCUT2D eigenvalue weighted by Crippen LogP contribution is 2.26. The van der Waals surface area contributed by atoms with Crippen molar-refractivity contribution in [2.45, 2.75) is 6.04 Å². The molecule has 1 aliphatic rings. The lowest BCUT2D eigenvalue weighted by Gasteiger charge is -2.37. The molecule has 1 aromatic heterocycles. The van der Waals surface area contributed by atoms with Gasteiger partial charge in [0, 0.05) is 30.2 Å². The van der Waals surface area contributed by atoms with E-state index in [1.165, 1.54) is 5.52 Å². The number of fused-ring (bicyclic) bond motifs is 1. The number of nitriles is 1. The van der Waals surface area contributed by atoms with Gasteiger partial charge in [0.15, 0.2) is 0 Å². The predicted molar refractivity (Wildman–Crippen MR) is 63.2 cm³/mol. The average molecular weight is 211 g/mol. The molecule has 0 unspecified atom stereocenters. The van der Waals surface area contributed by atoms with Crippen LogP contribution in [0.2, 0.25) is 0 Å². The molecule has 3 heteroatoms. The second-order valence-electron chi connectivity index (χ2n) is 4.48. The highest BCUT2D eigenvalue weighted by molar-refractivity contribution is 5.81. The molecule has 1 fully saturated rings. The zero-order valence-electron chi connectivity index (χ0n) is 9.22. The second-order valence-corrected chi connectivity index (χ2v) is 4.48. The summed E-state index contributed by atoms with van der Waals surface area (Å²) in [5, 5.41) is 10.0. The number of hydrogen-bond donors (Lipinski definition) is 0. The van der Waals surface area contributed by atoms with Crippen LogP contribution >= 0.6 is 0 Å². The van der Waals surface area contributed by atoms with Crippen molar-refractivity contribution in [2.75, 3.05) is 20.1 Å². The van der Waals surface area contributed by atoms with Crippen LogP contribution in [0, 0.1) is 11.3 Å². The standard InChI is InChI=1S/C13H13N3/c1-15-8-12(9-15)16-5-4-11-6-10(7-14)2-3-13(11)16/h2-6,12H,8-9H2,1H3. The monoisotopic (exact) mass is 211 g/mol. The molecule has 3 nitrogen and oxygen atoms in total. The summed E-state index contributed by atoms with van der Waals surface area (Å²) < 4.78 is 2.32. The second kappa shape index (κ2) is 3.36. The normalized spacial score (nSPS) is 17.2. The van der Waals surface area contributed by atoms with Crippen molar-refractivity contribution < 1.29 is 0 Å². The smallest absolute Gasteiger partial charge is 0.0991 e. The molecule has 0 N–H and O–H groups in total. The van der Waals surface area contributed by atoms with Crippen LogP contribution < -0.4 is 0 Å². The first-order chi connectivity index (χ1) is 7.78. The maximum atomic E-state index is 8.84. The molecule has 0 atom stereocenters. The van der Waals surface area contributed by atoms with Crippen molar-refractivity contribution in [3.8, 4) is 6.07 Å². The first-order valence-electron chi connectivity index (χ1n) is 5.47. The Morgan fingerprint density at radius 3 is 2.81 bits per heavy atom. The molecule has 0 bridgehead atoms. The summed E-state index contributed by atoms with van der Waals surface area (Å²) in [6.07, 6.45) is 2.13. The number of hydrogen-bond acceptors (Lipinski definition) is 2. The van der Waals surface area contributed by atoms with Crippen LogP contribution in [0.4, 0.5) is 0 Å². The third-order valence-electron chi connectivity index (χ3n) is 3.29. The van der Waals surface area contributed by atoms with E-state index in [1.807, 2.05) is 18.2 Å². The van der Waals surface area contributed by atoms with Crippen LogP contribution in [0.1, 0.15) is 11.6 Å². The van der Waals surface area contributed by atoms with Gasteiger partial charge in [-0.1, -0.05) is 0 Å². The fourth-order valence-corrected chi connectivity index (χ4v) is 2.39. The lowest BCUT2D eigenvalue weighted by Crippen LogP contribution is -2.44. The van der Waals surface area contributed by atoms with E-state index in [4.69, 9.17) is 5.26 Å². The van der Waals surface area contributed by atoms with E-state index in [-0.39, 0.29) is 0 Å². The summed E-state index contributed by atoms with van der Waals surface area (Å²) in [5.74, 6) is 0. The maximum absolute atomic E-state index is 8.84. The van der Waals surface area contributed by atoms with Crippen LogP contribution in [0.25, 0.3) is 10.9 Å². The quantitative estimate of drug-likeness (QED) is 0.722. The molecule has 16 heavy (non-hydrogen) atoms. The minimum Gasteiger partial charge on any atom is -0.342 e. The first-order valence-corrected chi connectivity index (χ1v) is 5.47. The van der Waals surface area contributed by atoms with Crippen molar-refractivity contribution in [1.82, 2.24) is 9.47 Å². The Morgan fingerprint density at radius 1 is 1.31 bits per heavy atom. The minimum atomic E-state index is 0.593. The Bertz CT molecular complexity index is 570.